The Morgan fingerprint density at radius 1 is 1.06 bits per heavy atom. The molecule has 2 aliphatic heterocycles. The number of anilines is 1. The van der Waals surface area contributed by atoms with Gasteiger partial charge in [-0.15, -0.1) is 0 Å². The molecule has 2 aromatic heterocycles. The van der Waals surface area contributed by atoms with E-state index in [1.165, 1.54) is 0 Å². The molecule has 0 saturated carbocycles. The minimum atomic E-state index is -0.0594. The number of aryl methyl sites for hydroxylation is 1. The number of pyridine rings is 1. The Balaban J connectivity index is 1.43. The molecule has 0 spiro atoms. The van der Waals surface area contributed by atoms with Gasteiger partial charge in [0.15, 0.2) is 0 Å². The Morgan fingerprint density at radius 2 is 1.88 bits per heavy atom. The monoisotopic (exact) mass is 441 g/mol. The highest BCUT2D eigenvalue weighted by atomic mass is 16.2. The number of rotatable bonds is 4. The first kappa shape index (κ1) is 21.2. The molecule has 3 aromatic rings. The number of amides is 2. The minimum Gasteiger partial charge on any atom is -0.337 e. The molecule has 1 fully saturated rings. The second kappa shape index (κ2) is 9.10. The molecule has 7 nitrogen and oxygen atoms in total. The van der Waals surface area contributed by atoms with E-state index < -0.39 is 0 Å². The quantitative estimate of drug-likeness (QED) is 0.617. The lowest BCUT2D eigenvalue weighted by atomic mass is 9.95. The third-order valence-electron chi connectivity index (χ3n) is 6.50. The van der Waals surface area contributed by atoms with Crippen molar-refractivity contribution in [1.82, 2.24) is 19.9 Å². The van der Waals surface area contributed by atoms with Crippen LogP contribution in [-0.4, -0.2) is 44.8 Å². The molecule has 168 valence electrons. The van der Waals surface area contributed by atoms with Crippen LogP contribution in [-0.2, 0) is 17.8 Å². The van der Waals surface area contributed by atoms with E-state index >= 15 is 0 Å². The summed E-state index contributed by atoms with van der Waals surface area (Å²) < 4.78 is 0. The Morgan fingerprint density at radius 3 is 2.67 bits per heavy atom. The minimum absolute atomic E-state index is 0.0333. The summed E-state index contributed by atoms with van der Waals surface area (Å²) in [6.07, 6.45) is 4.58. The van der Waals surface area contributed by atoms with Crippen LogP contribution in [0.15, 0.2) is 54.7 Å². The number of piperidine rings is 1. The normalized spacial score (nSPS) is 18.2. The summed E-state index contributed by atoms with van der Waals surface area (Å²) in [6.45, 7) is 3.76. The fraction of sp³-hybridized carbons (Fsp3) is 0.346. The molecule has 0 radical (unpaired) electrons. The fourth-order valence-corrected chi connectivity index (χ4v) is 4.74. The van der Waals surface area contributed by atoms with Gasteiger partial charge in [-0.2, -0.15) is 0 Å². The molecule has 2 aliphatic rings. The number of likely N-dealkylation sites (tertiary alicyclic amines) is 1. The number of nitrogens with zero attached hydrogens (tertiary/aromatic N) is 5. The van der Waals surface area contributed by atoms with Gasteiger partial charge in [0, 0.05) is 42.9 Å². The third-order valence-corrected chi connectivity index (χ3v) is 6.50. The van der Waals surface area contributed by atoms with Crippen LogP contribution in [0.3, 0.4) is 0 Å². The van der Waals surface area contributed by atoms with Crippen molar-refractivity contribution in [2.75, 3.05) is 18.0 Å². The van der Waals surface area contributed by atoms with Crippen molar-refractivity contribution < 1.29 is 9.59 Å². The first-order valence-corrected chi connectivity index (χ1v) is 11.5. The summed E-state index contributed by atoms with van der Waals surface area (Å²) in [4.78, 5) is 43.4. The zero-order valence-electron chi connectivity index (χ0n) is 18.8. The van der Waals surface area contributed by atoms with Crippen LogP contribution in [0.25, 0.3) is 0 Å². The Labute approximate surface area is 193 Å². The highest BCUT2D eigenvalue weighted by Crippen LogP contribution is 2.33. The lowest BCUT2D eigenvalue weighted by Crippen LogP contribution is -2.40. The molecule has 2 amide bonds. The summed E-state index contributed by atoms with van der Waals surface area (Å²) in [7, 11) is 0. The maximum Gasteiger partial charge on any atom is 0.272 e. The molecule has 33 heavy (non-hydrogen) atoms. The van der Waals surface area contributed by atoms with Gasteiger partial charge in [0.2, 0.25) is 5.91 Å². The molecule has 0 aliphatic carbocycles. The number of carbonyl (C=O) groups is 2. The highest BCUT2D eigenvalue weighted by Gasteiger charge is 2.32. The van der Waals surface area contributed by atoms with E-state index in [1.807, 2.05) is 54.3 Å². The smallest absolute Gasteiger partial charge is 0.272 e. The number of benzene rings is 1. The first-order valence-electron chi connectivity index (χ1n) is 11.5. The average Bonchev–Trinajstić information content (AvgIpc) is 2.86. The lowest BCUT2D eigenvalue weighted by molar-refractivity contribution is -0.119. The van der Waals surface area contributed by atoms with Crippen LogP contribution in [0.4, 0.5) is 5.82 Å². The average molecular weight is 442 g/mol. The zero-order valence-corrected chi connectivity index (χ0v) is 18.8. The van der Waals surface area contributed by atoms with E-state index in [4.69, 9.17) is 9.97 Å². The number of carbonyl (C=O) groups excluding carboxylic acids is 2. The van der Waals surface area contributed by atoms with Gasteiger partial charge in [-0.05, 0) is 43.9 Å². The van der Waals surface area contributed by atoms with E-state index in [1.54, 1.807) is 17.2 Å². The van der Waals surface area contributed by atoms with Gasteiger partial charge in [0.05, 0.1) is 6.54 Å². The molecular weight excluding hydrogens is 414 g/mol. The molecule has 1 saturated heterocycles. The van der Waals surface area contributed by atoms with E-state index in [2.05, 4.69) is 4.98 Å². The van der Waals surface area contributed by atoms with Gasteiger partial charge >= 0.3 is 0 Å². The predicted octanol–water partition coefficient (Wildman–Crippen LogP) is 3.68. The van der Waals surface area contributed by atoms with E-state index in [-0.39, 0.29) is 17.7 Å². The van der Waals surface area contributed by atoms with Gasteiger partial charge < -0.3 is 4.90 Å². The fourth-order valence-electron chi connectivity index (χ4n) is 4.74. The molecule has 7 heteroatoms. The van der Waals surface area contributed by atoms with Crippen LogP contribution in [0.2, 0.25) is 0 Å². The van der Waals surface area contributed by atoms with Crippen molar-refractivity contribution in [3.05, 3.63) is 83.1 Å². The third kappa shape index (κ3) is 4.35. The Bertz CT molecular complexity index is 1170. The van der Waals surface area contributed by atoms with Crippen molar-refractivity contribution in [2.45, 2.75) is 45.1 Å². The topological polar surface area (TPSA) is 79.3 Å². The van der Waals surface area contributed by atoms with Gasteiger partial charge in [0.1, 0.15) is 17.3 Å². The Hall–Kier alpha value is -3.61. The largest absolute Gasteiger partial charge is 0.337 e. The Kier molecular flexibility index (Phi) is 5.86. The first-order chi connectivity index (χ1) is 16.1. The van der Waals surface area contributed by atoms with Crippen molar-refractivity contribution in [2.24, 2.45) is 0 Å². The van der Waals surface area contributed by atoms with Crippen molar-refractivity contribution in [3.8, 4) is 0 Å². The van der Waals surface area contributed by atoms with E-state index in [0.717, 1.165) is 41.3 Å². The molecule has 5 rings (SSSR count). The van der Waals surface area contributed by atoms with E-state index in [0.29, 0.717) is 38.2 Å². The summed E-state index contributed by atoms with van der Waals surface area (Å²) in [5.74, 6) is 1.51. The molecule has 4 heterocycles. The molecule has 0 bridgehead atoms. The van der Waals surface area contributed by atoms with Gasteiger partial charge in [-0.25, -0.2) is 9.97 Å². The lowest BCUT2D eigenvalue weighted by Gasteiger charge is -2.34. The zero-order chi connectivity index (χ0) is 22.8. The summed E-state index contributed by atoms with van der Waals surface area (Å²) >= 11 is 0. The van der Waals surface area contributed by atoms with Gasteiger partial charge in [-0.3, -0.25) is 19.5 Å². The molecular formula is C26H27N5O2. The number of aromatic nitrogens is 3. The van der Waals surface area contributed by atoms with Crippen LogP contribution < -0.4 is 4.90 Å². The standard InChI is InChI=1S/C26H27N5O2/c1-18-21-12-13-23(32)31(16-19-8-3-2-4-9-19)25(21)29-24(28-18)20-10-7-15-30(17-20)26(33)22-11-5-6-14-27-22/h2-6,8-9,11,14,20H,7,10,12-13,15-17H2,1H3/t20-/m1/s1. The van der Waals surface area contributed by atoms with Crippen molar-refractivity contribution >= 4 is 17.6 Å². The maximum absolute atomic E-state index is 12.9. The van der Waals surface area contributed by atoms with Crippen LogP contribution >= 0.6 is 0 Å². The SMILES string of the molecule is Cc1nc([C@@H]2CCCN(C(=O)c3ccccn3)C2)nc2c1CCC(=O)N2Cc1ccccc1. The number of hydrogen-bond acceptors (Lipinski definition) is 5. The predicted molar refractivity (Wildman–Crippen MR) is 125 cm³/mol. The van der Waals surface area contributed by atoms with Gasteiger partial charge in [-0.1, -0.05) is 36.4 Å². The number of hydrogen-bond donors (Lipinski definition) is 0. The summed E-state index contributed by atoms with van der Waals surface area (Å²) in [5.41, 5.74) is 3.50. The van der Waals surface area contributed by atoms with E-state index in [9.17, 15) is 9.59 Å². The molecule has 0 unspecified atom stereocenters. The van der Waals surface area contributed by atoms with Crippen LogP contribution in [0.1, 0.15) is 58.3 Å². The maximum atomic E-state index is 12.9. The molecule has 1 aromatic carbocycles. The van der Waals surface area contributed by atoms with Crippen LogP contribution in [0.5, 0.6) is 0 Å². The molecule has 1 atom stereocenters. The van der Waals surface area contributed by atoms with Crippen molar-refractivity contribution in [1.29, 1.82) is 0 Å². The second-order valence-corrected chi connectivity index (χ2v) is 8.74. The van der Waals surface area contributed by atoms with Crippen LogP contribution in [0, 0.1) is 6.92 Å². The highest BCUT2D eigenvalue weighted by molar-refractivity contribution is 5.95. The number of fused-ring (bicyclic) bond motifs is 1. The van der Waals surface area contributed by atoms with Crippen molar-refractivity contribution in [3.63, 3.8) is 0 Å². The van der Waals surface area contributed by atoms with Gasteiger partial charge in [0.25, 0.3) is 5.91 Å². The summed E-state index contributed by atoms with van der Waals surface area (Å²) in [5, 5.41) is 0. The molecule has 0 N–H and O–H groups in total. The second-order valence-electron chi connectivity index (χ2n) is 8.74. The summed E-state index contributed by atoms with van der Waals surface area (Å²) in [6, 6.07) is 15.4.